The standard InChI is InChI=1S/C10H10N/c1-11-8-4-6-9-5-2-3-7-10(9)11/h2-5,8H,6H2,1H3. The molecule has 0 spiro atoms. The molecule has 1 aliphatic rings. The summed E-state index contributed by atoms with van der Waals surface area (Å²) in [7, 11) is 2.05. The number of hydrogen-bond acceptors (Lipinski definition) is 1. The van der Waals surface area contributed by atoms with E-state index in [0.29, 0.717) is 0 Å². The lowest BCUT2D eigenvalue weighted by atomic mass is 10.1. The fourth-order valence-electron chi connectivity index (χ4n) is 1.37. The molecular formula is C10H10N. The molecular weight excluding hydrogens is 134 g/mol. The van der Waals surface area contributed by atoms with Crippen LogP contribution in [0, 0.1) is 6.07 Å². The Balaban J connectivity index is 2.50. The average Bonchev–Trinajstić information content (AvgIpc) is 2.06. The summed E-state index contributed by atoms with van der Waals surface area (Å²) in [5.41, 5.74) is 2.56. The lowest BCUT2D eigenvalue weighted by molar-refractivity contribution is 1.09. The van der Waals surface area contributed by atoms with Crippen LogP contribution in [0.25, 0.3) is 0 Å². The van der Waals surface area contributed by atoms with E-state index in [-0.39, 0.29) is 0 Å². The Kier molecular flexibility index (Phi) is 1.42. The zero-order chi connectivity index (χ0) is 7.68. The smallest absolute Gasteiger partial charge is 0.0519 e. The number of para-hydroxylation sites is 1. The van der Waals surface area contributed by atoms with E-state index in [0.717, 1.165) is 6.42 Å². The fraction of sp³-hybridized carbons (Fsp3) is 0.200. The Morgan fingerprint density at radius 2 is 2.45 bits per heavy atom. The van der Waals surface area contributed by atoms with Crippen molar-refractivity contribution in [3.63, 3.8) is 0 Å². The predicted molar refractivity (Wildman–Crippen MR) is 46.5 cm³/mol. The first-order valence-corrected chi connectivity index (χ1v) is 3.77. The van der Waals surface area contributed by atoms with Crippen molar-refractivity contribution in [2.75, 3.05) is 11.9 Å². The van der Waals surface area contributed by atoms with Gasteiger partial charge in [0.2, 0.25) is 0 Å². The highest BCUT2D eigenvalue weighted by Crippen LogP contribution is 2.22. The summed E-state index contributed by atoms with van der Waals surface area (Å²) < 4.78 is 0. The highest BCUT2D eigenvalue weighted by molar-refractivity contribution is 5.57. The van der Waals surface area contributed by atoms with E-state index in [1.54, 1.807) is 0 Å². The average molecular weight is 144 g/mol. The highest BCUT2D eigenvalue weighted by Gasteiger charge is 2.06. The minimum atomic E-state index is 1.04. The molecule has 2 rings (SSSR count). The van der Waals surface area contributed by atoms with Crippen molar-refractivity contribution in [3.8, 4) is 0 Å². The number of allylic oxidation sites excluding steroid dienone is 1. The van der Waals surface area contributed by atoms with E-state index in [9.17, 15) is 0 Å². The second-order valence-electron chi connectivity index (χ2n) is 2.74. The van der Waals surface area contributed by atoms with Gasteiger partial charge in [-0.05, 0) is 12.0 Å². The van der Waals surface area contributed by atoms with E-state index in [1.807, 2.05) is 19.2 Å². The van der Waals surface area contributed by atoms with Gasteiger partial charge < -0.3 is 4.90 Å². The molecule has 0 aliphatic carbocycles. The molecule has 0 fully saturated rings. The van der Waals surface area contributed by atoms with Crippen LogP contribution in [0.3, 0.4) is 0 Å². The van der Waals surface area contributed by atoms with Crippen LogP contribution in [-0.2, 0) is 6.42 Å². The van der Waals surface area contributed by atoms with Crippen molar-refractivity contribution in [2.24, 2.45) is 0 Å². The van der Waals surface area contributed by atoms with E-state index in [2.05, 4.69) is 29.3 Å². The van der Waals surface area contributed by atoms with Gasteiger partial charge in [0.1, 0.15) is 0 Å². The first-order valence-electron chi connectivity index (χ1n) is 3.77. The van der Waals surface area contributed by atoms with Gasteiger partial charge >= 0.3 is 0 Å². The van der Waals surface area contributed by atoms with Gasteiger partial charge in [-0.1, -0.05) is 24.3 Å². The molecule has 0 amide bonds. The summed E-state index contributed by atoms with van der Waals surface area (Å²) in [5.74, 6) is 0. The Morgan fingerprint density at radius 1 is 1.55 bits per heavy atom. The first-order chi connectivity index (χ1) is 5.38. The van der Waals surface area contributed by atoms with Gasteiger partial charge in [-0.15, -0.1) is 0 Å². The largest absolute Gasteiger partial charge is 0.351 e. The van der Waals surface area contributed by atoms with Gasteiger partial charge in [-0.25, -0.2) is 0 Å². The maximum absolute atomic E-state index is 3.21. The van der Waals surface area contributed by atoms with Gasteiger partial charge in [-0.2, -0.15) is 0 Å². The molecule has 55 valence electrons. The molecule has 1 heteroatoms. The molecule has 0 bridgehead atoms. The molecule has 0 atom stereocenters. The van der Waals surface area contributed by atoms with Crippen molar-refractivity contribution in [3.05, 3.63) is 42.1 Å². The third kappa shape index (κ3) is 1.03. The van der Waals surface area contributed by atoms with Gasteiger partial charge in [0, 0.05) is 19.3 Å². The topological polar surface area (TPSA) is 3.24 Å². The molecule has 0 saturated carbocycles. The van der Waals surface area contributed by atoms with Crippen molar-refractivity contribution < 1.29 is 0 Å². The van der Waals surface area contributed by atoms with E-state index >= 15 is 0 Å². The first kappa shape index (κ1) is 6.47. The van der Waals surface area contributed by atoms with Crippen LogP contribution >= 0.6 is 0 Å². The monoisotopic (exact) mass is 144 g/mol. The minimum Gasteiger partial charge on any atom is -0.351 e. The molecule has 0 unspecified atom stereocenters. The number of benzene rings is 1. The van der Waals surface area contributed by atoms with Crippen LogP contribution in [0.15, 0.2) is 30.5 Å². The number of nitrogens with zero attached hydrogens (tertiary/aromatic N) is 1. The fourth-order valence-corrected chi connectivity index (χ4v) is 1.37. The third-order valence-corrected chi connectivity index (χ3v) is 1.94. The van der Waals surface area contributed by atoms with Crippen molar-refractivity contribution in [1.29, 1.82) is 0 Å². The van der Waals surface area contributed by atoms with Gasteiger partial charge in [-0.3, -0.25) is 0 Å². The molecule has 1 radical (unpaired) electrons. The number of anilines is 1. The number of hydrogen-bond donors (Lipinski definition) is 0. The van der Waals surface area contributed by atoms with E-state index in [1.165, 1.54) is 11.3 Å². The maximum atomic E-state index is 3.21. The molecule has 0 saturated heterocycles. The van der Waals surface area contributed by atoms with Gasteiger partial charge in [0.15, 0.2) is 0 Å². The molecule has 0 aromatic heterocycles. The molecule has 11 heavy (non-hydrogen) atoms. The lowest BCUT2D eigenvalue weighted by Crippen LogP contribution is -2.13. The van der Waals surface area contributed by atoms with Crippen LogP contribution in [0.1, 0.15) is 5.56 Å². The van der Waals surface area contributed by atoms with Gasteiger partial charge in [0.25, 0.3) is 0 Å². The van der Waals surface area contributed by atoms with Gasteiger partial charge in [0.05, 0.1) is 5.69 Å². The summed E-state index contributed by atoms with van der Waals surface area (Å²) in [6.45, 7) is 0. The summed E-state index contributed by atoms with van der Waals surface area (Å²) in [6.07, 6.45) is 5.28. The molecule has 1 heterocycles. The lowest BCUT2D eigenvalue weighted by Gasteiger charge is -2.20. The third-order valence-electron chi connectivity index (χ3n) is 1.94. The van der Waals surface area contributed by atoms with Crippen LogP contribution < -0.4 is 4.90 Å². The van der Waals surface area contributed by atoms with E-state index in [4.69, 9.17) is 0 Å². The SMILES string of the molecule is CN1C=CCc2ccc[c]c21. The highest BCUT2D eigenvalue weighted by atomic mass is 15.1. The number of fused-ring (bicyclic) bond motifs is 1. The van der Waals surface area contributed by atoms with Crippen molar-refractivity contribution in [1.82, 2.24) is 0 Å². The zero-order valence-electron chi connectivity index (χ0n) is 6.54. The number of rotatable bonds is 0. The van der Waals surface area contributed by atoms with E-state index < -0.39 is 0 Å². The molecule has 1 aromatic rings. The summed E-state index contributed by atoms with van der Waals surface area (Å²) in [4.78, 5) is 2.10. The zero-order valence-corrected chi connectivity index (χ0v) is 6.54. The van der Waals surface area contributed by atoms with Crippen molar-refractivity contribution >= 4 is 5.69 Å². The summed E-state index contributed by atoms with van der Waals surface area (Å²) in [5, 5.41) is 0. The maximum Gasteiger partial charge on any atom is 0.0519 e. The second kappa shape index (κ2) is 2.42. The van der Waals surface area contributed by atoms with Crippen LogP contribution in [0.2, 0.25) is 0 Å². The minimum absolute atomic E-state index is 1.04. The molecule has 1 aliphatic heterocycles. The Morgan fingerprint density at radius 3 is 3.27 bits per heavy atom. The Bertz CT molecular complexity index is 289. The Labute approximate surface area is 67.0 Å². The predicted octanol–water partition coefficient (Wildman–Crippen LogP) is 1.99. The second-order valence-corrected chi connectivity index (χ2v) is 2.74. The normalized spacial score (nSPS) is 14.8. The summed E-state index contributed by atoms with van der Waals surface area (Å²) >= 11 is 0. The molecule has 1 nitrogen and oxygen atoms in total. The molecule has 1 aromatic carbocycles. The summed E-state index contributed by atoms with van der Waals surface area (Å²) in [6, 6.07) is 9.34. The van der Waals surface area contributed by atoms with Crippen LogP contribution in [0.4, 0.5) is 5.69 Å². The molecule has 0 N–H and O–H groups in total. The quantitative estimate of drug-likeness (QED) is 0.538. The Hall–Kier alpha value is -1.24. The van der Waals surface area contributed by atoms with Crippen LogP contribution in [-0.4, -0.2) is 7.05 Å². The van der Waals surface area contributed by atoms with Crippen molar-refractivity contribution in [2.45, 2.75) is 6.42 Å². The van der Waals surface area contributed by atoms with Crippen LogP contribution in [0.5, 0.6) is 0 Å².